The SMILES string of the molecule is N=Nc1c2ccccc2c(O)c2ccccc12. The van der Waals surface area contributed by atoms with Crippen LogP contribution < -0.4 is 0 Å². The maximum atomic E-state index is 10.2. The number of nitrogens with zero attached hydrogens (tertiary/aromatic N) is 1. The van der Waals surface area contributed by atoms with Crippen molar-refractivity contribution in [2.24, 2.45) is 5.11 Å². The Balaban J connectivity index is 2.68. The van der Waals surface area contributed by atoms with Gasteiger partial charge in [0.25, 0.3) is 0 Å². The first-order valence-electron chi connectivity index (χ1n) is 5.33. The predicted octanol–water partition coefficient (Wildman–Crippen LogP) is 4.36. The molecule has 0 aromatic heterocycles. The Kier molecular flexibility index (Phi) is 2.05. The monoisotopic (exact) mass is 222 g/mol. The highest BCUT2D eigenvalue weighted by Crippen LogP contribution is 2.41. The van der Waals surface area contributed by atoms with E-state index in [0.29, 0.717) is 5.69 Å². The lowest BCUT2D eigenvalue weighted by atomic mass is 10.00. The maximum absolute atomic E-state index is 10.2. The summed E-state index contributed by atoms with van der Waals surface area (Å²) in [5.41, 5.74) is 7.93. The van der Waals surface area contributed by atoms with Gasteiger partial charge in [0.1, 0.15) is 11.4 Å². The summed E-state index contributed by atoms with van der Waals surface area (Å²) in [6.45, 7) is 0. The largest absolute Gasteiger partial charge is 0.507 e. The predicted molar refractivity (Wildman–Crippen MR) is 67.9 cm³/mol. The third kappa shape index (κ3) is 1.29. The van der Waals surface area contributed by atoms with Crippen LogP contribution in [-0.4, -0.2) is 5.11 Å². The molecule has 0 aliphatic carbocycles. The van der Waals surface area contributed by atoms with Crippen LogP contribution in [-0.2, 0) is 0 Å². The van der Waals surface area contributed by atoms with Gasteiger partial charge in [-0.3, -0.25) is 0 Å². The molecule has 0 saturated heterocycles. The molecule has 0 amide bonds. The van der Waals surface area contributed by atoms with Crippen molar-refractivity contribution >= 4 is 27.2 Å². The van der Waals surface area contributed by atoms with Crippen molar-refractivity contribution in [3.8, 4) is 5.75 Å². The van der Waals surface area contributed by atoms with Crippen molar-refractivity contribution in [2.45, 2.75) is 0 Å². The third-order valence-electron chi connectivity index (χ3n) is 2.99. The van der Waals surface area contributed by atoms with Crippen LogP contribution >= 0.6 is 0 Å². The molecule has 2 N–H and O–H groups in total. The standard InChI is InChI=1S/C14H10N2O/c15-16-13-9-5-1-3-7-11(9)14(17)12-8-4-2-6-10(12)13/h1-8,15,17H. The summed E-state index contributed by atoms with van der Waals surface area (Å²) in [5.74, 6) is 0.253. The molecular formula is C14H10N2O. The minimum atomic E-state index is 0.253. The van der Waals surface area contributed by atoms with Crippen molar-refractivity contribution in [3.63, 3.8) is 0 Å². The second kappa shape index (κ2) is 3.56. The van der Waals surface area contributed by atoms with E-state index < -0.39 is 0 Å². The summed E-state index contributed by atoms with van der Waals surface area (Å²) in [6.07, 6.45) is 0. The molecule has 0 atom stereocenters. The summed E-state index contributed by atoms with van der Waals surface area (Å²) < 4.78 is 0. The molecule has 3 aromatic carbocycles. The minimum absolute atomic E-state index is 0.253. The van der Waals surface area contributed by atoms with Crippen molar-refractivity contribution < 1.29 is 5.11 Å². The maximum Gasteiger partial charge on any atom is 0.131 e. The van der Waals surface area contributed by atoms with E-state index >= 15 is 0 Å². The Hall–Kier alpha value is -2.42. The summed E-state index contributed by atoms with van der Waals surface area (Å²) >= 11 is 0. The number of rotatable bonds is 1. The number of fused-ring (bicyclic) bond motifs is 2. The molecule has 0 saturated carbocycles. The molecule has 3 rings (SSSR count). The molecule has 82 valence electrons. The molecular weight excluding hydrogens is 212 g/mol. The van der Waals surface area contributed by atoms with E-state index in [2.05, 4.69) is 5.11 Å². The van der Waals surface area contributed by atoms with Gasteiger partial charge >= 0.3 is 0 Å². The Morgan fingerprint density at radius 2 is 1.18 bits per heavy atom. The van der Waals surface area contributed by atoms with Crippen LogP contribution in [0.1, 0.15) is 0 Å². The van der Waals surface area contributed by atoms with E-state index in [9.17, 15) is 5.11 Å². The average Bonchev–Trinajstić information content (AvgIpc) is 2.40. The molecule has 17 heavy (non-hydrogen) atoms. The molecule has 0 spiro atoms. The van der Waals surface area contributed by atoms with Crippen molar-refractivity contribution in [1.82, 2.24) is 0 Å². The zero-order valence-corrected chi connectivity index (χ0v) is 9.01. The third-order valence-corrected chi connectivity index (χ3v) is 2.99. The van der Waals surface area contributed by atoms with E-state index in [1.807, 2.05) is 48.5 Å². The van der Waals surface area contributed by atoms with Gasteiger partial charge < -0.3 is 5.11 Å². The molecule has 0 radical (unpaired) electrons. The van der Waals surface area contributed by atoms with Crippen LogP contribution in [0.4, 0.5) is 5.69 Å². The van der Waals surface area contributed by atoms with Gasteiger partial charge in [-0.15, -0.1) is 0 Å². The summed E-state index contributed by atoms with van der Waals surface area (Å²) in [4.78, 5) is 0. The summed E-state index contributed by atoms with van der Waals surface area (Å²) in [6, 6.07) is 14.9. The second-order valence-corrected chi connectivity index (χ2v) is 3.90. The highest BCUT2D eigenvalue weighted by Gasteiger charge is 2.11. The molecule has 3 nitrogen and oxygen atoms in total. The second-order valence-electron chi connectivity index (χ2n) is 3.90. The van der Waals surface area contributed by atoms with Crippen molar-refractivity contribution in [3.05, 3.63) is 48.5 Å². The number of aromatic hydroxyl groups is 1. The summed E-state index contributed by atoms with van der Waals surface area (Å²) in [5, 5.41) is 16.9. The van der Waals surface area contributed by atoms with Gasteiger partial charge in [0.05, 0.1) is 0 Å². The number of phenolic OH excluding ortho intramolecular Hbond substituents is 1. The Morgan fingerprint density at radius 1 is 0.765 bits per heavy atom. The molecule has 0 aliphatic heterocycles. The van der Waals surface area contributed by atoms with Gasteiger partial charge in [0.2, 0.25) is 0 Å². The quantitative estimate of drug-likeness (QED) is 0.466. The normalized spacial score (nSPS) is 10.8. The summed E-state index contributed by atoms with van der Waals surface area (Å²) in [7, 11) is 0. The Bertz CT molecular complexity index is 678. The van der Waals surface area contributed by atoms with Crippen LogP contribution in [0.5, 0.6) is 5.75 Å². The van der Waals surface area contributed by atoms with E-state index in [1.165, 1.54) is 0 Å². The lowest BCUT2D eigenvalue weighted by Crippen LogP contribution is -1.80. The van der Waals surface area contributed by atoms with Gasteiger partial charge in [0.15, 0.2) is 0 Å². The smallest absolute Gasteiger partial charge is 0.131 e. The van der Waals surface area contributed by atoms with Gasteiger partial charge in [0, 0.05) is 21.5 Å². The van der Waals surface area contributed by atoms with E-state index in [4.69, 9.17) is 5.53 Å². The first-order valence-corrected chi connectivity index (χ1v) is 5.33. The molecule has 3 aromatic rings. The highest BCUT2D eigenvalue weighted by atomic mass is 16.3. The van der Waals surface area contributed by atoms with E-state index in [-0.39, 0.29) is 5.75 Å². The van der Waals surface area contributed by atoms with E-state index in [0.717, 1.165) is 21.5 Å². The van der Waals surface area contributed by atoms with Crippen LogP contribution in [0.2, 0.25) is 0 Å². The zero-order valence-electron chi connectivity index (χ0n) is 9.01. The Morgan fingerprint density at radius 3 is 1.59 bits per heavy atom. The average molecular weight is 222 g/mol. The van der Waals surface area contributed by atoms with Crippen LogP contribution in [0, 0.1) is 5.53 Å². The molecule has 0 fully saturated rings. The van der Waals surface area contributed by atoms with Gasteiger partial charge in [-0.1, -0.05) is 48.5 Å². The van der Waals surface area contributed by atoms with Crippen LogP contribution in [0.25, 0.3) is 21.5 Å². The number of phenols is 1. The highest BCUT2D eigenvalue weighted by molar-refractivity contribution is 6.14. The minimum Gasteiger partial charge on any atom is -0.507 e. The molecule has 0 aliphatic rings. The van der Waals surface area contributed by atoms with Crippen LogP contribution in [0.15, 0.2) is 53.6 Å². The zero-order chi connectivity index (χ0) is 11.8. The molecule has 0 heterocycles. The fourth-order valence-electron chi connectivity index (χ4n) is 2.20. The van der Waals surface area contributed by atoms with Crippen molar-refractivity contribution in [1.29, 1.82) is 5.53 Å². The van der Waals surface area contributed by atoms with Gasteiger partial charge in [-0.05, 0) is 0 Å². The molecule has 0 unspecified atom stereocenters. The number of hydrogen-bond donors (Lipinski definition) is 2. The molecule has 3 heteroatoms. The number of nitrogens with one attached hydrogen (secondary N) is 1. The van der Waals surface area contributed by atoms with Gasteiger partial charge in [-0.25, -0.2) is 5.53 Å². The molecule has 0 bridgehead atoms. The van der Waals surface area contributed by atoms with Crippen molar-refractivity contribution in [2.75, 3.05) is 0 Å². The van der Waals surface area contributed by atoms with Gasteiger partial charge in [-0.2, -0.15) is 5.11 Å². The first kappa shape index (κ1) is 9.78. The first-order chi connectivity index (χ1) is 8.33. The number of benzene rings is 3. The fraction of sp³-hybridized carbons (Fsp3) is 0. The fourth-order valence-corrected chi connectivity index (χ4v) is 2.20. The van der Waals surface area contributed by atoms with E-state index in [1.54, 1.807) is 0 Å². The topological polar surface area (TPSA) is 56.4 Å². The van der Waals surface area contributed by atoms with Crippen LogP contribution in [0.3, 0.4) is 0 Å². The number of hydrogen-bond acceptors (Lipinski definition) is 3. The Labute approximate surface area is 97.8 Å². The lowest BCUT2D eigenvalue weighted by Gasteiger charge is -2.09. The lowest BCUT2D eigenvalue weighted by molar-refractivity contribution is 0.488.